The molecule has 2 aliphatic heterocycles. The van der Waals surface area contributed by atoms with E-state index < -0.39 is 11.8 Å². The van der Waals surface area contributed by atoms with Crippen LogP contribution in [0.15, 0.2) is 77.8 Å². The zero-order valence-corrected chi connectivity index (χ0v) is 22.7. The maximum atomic E-state index is 13.7. The van der Waals surface area contributed by atoms with Gasteiger partial charge in [-0.15, -0.1) is 0 Å². The summed E-state index contributed by atoms with van der Waals surface area (Å²) in [6, 6.07) is 21.0. The first-order valence-electron chi connectivity index (χ1n) is 13.2. The highest BCUT2D eigenvalue weighted by molar-refractivity contribution is 5.90. The van der Waals surface area contributed by atoms with Gasteiger partial charge in [-0.25, -0.2) is 14.2 Å². The summed E-state index contributed by atoms with van der Waals surface area (Å²) in [7, 11) is 0. The van der Waals surface area contributed by atoms with E-state index in [9.17, 15) is 14.4 Å². The molecular formula is C30H32FN7O3. The fourth-order valence-corrected chi connectivity index (χ4v) is 4.90. The molecule has 0 spiro atoms. The molecule has 5 rings (SSSR count). The van der Waals surface area contributed by atoms with Crippen molar-refractivity contribution in [1.82, 2.24) is 20.4 Å². The SMILES string of the molecule is CC(=O)O.N#CNC(=Nc1cccc2c1CCNC2)N1CCN(C(=O)Nc2cccc(F)c2)C(c2ccccc2)C1. The van der Waals surface area contributed by atoms with Gasteiger partial charge in [-0.1, -0.05) is 48.5 Å². The van der Waals surface area contributed by atoms with Crippen LogP contribution in [0.1, 0.15) is 29.7 Å². The van der Waals surface area contributed by atoms with Crippen molar-refractivity contribution in [3.63, 3.8) is 0 Å². The Balaban J connectivity index is 0.000000909. The molecule has 1 atom stereocenters. The Hall–Kier alpha value is -4.95. The molecule has 212 valence electrons. The summed E-state index contributed by atoms with van der Waals surface area (Å²) in [6.07, 6.45) is 2.90. The van der Waals surface area contributed by atoms with Gasteiger partial charge in [0, 0.05) is 38.8 Å². The number of anilines is 1. The molecule has 1 fully saturated rings. The number of fused-ring (bicyclic) bond motifs is 1. The summed E-state index contributed by atoms with van der Waals surface area (Å²) in [6.45, 7) is 4.07. The van der Waals surface area contributed by atoms with Crippen LogP contribution in [0.3, 0.4) is 0 Å². The van der Waals surface area contributed by atoms with E-state index in [2.05, 4.69) is 22.0 Å². The topological polar surface area (TPSA) is 133 Å². The number of nitrogens with zero attached hydrogens (tertiary/aromatic N) is 4. The number of aliphatic imine (C=N–C) groups is 1. The van der Waals surface area contributed by atoms with Crippen LogP contribution < -0.4 is 16.0 Å². The number of piperazine rings is 1. The van der Waals surface area contributed by atoms with Gasteiger partial charge >= 0.3 is 6.03 Å². The fourth-order valence-electron chi connectivity index (χ4n) is 4.90. The Bertz CT molecular complexity index is 1440. The summed E-state index contributed by atoms with van der Waals surface area (Å²) < 4.78 is 13.7. The first kappa shape index (κ1) is 29.0. The molecule has 0 bridgehead atoms. The molecule has 10 nitrogen and oxygen atoms in total. The number of nitriles is 1. The molecule has 0 radical (unpaired) electrons. The summed E-state index contributed by atoms with van der Waals surface area (Å²) >= 11 is 0. The van der Waals surface area contributed by atoms with Crippen LogP contribution in [0.4, 0.5) is 20.6 Å². The molecule has 11 heteroatoms. The summed E-state index contributed by atoms with van der Waals surface area (Å²) in [5.74, 6) is -0.787. The maximum absolute atomic E-state index is 13.7. The minimum Gasteiger partial charge on any atom is -0.481 e. The van der Waals surface area contributed by atoms with Gasteiger partial charge in [-0.05, 0) is 53.9 Å². The van der Waals surface area contributed by atoms with Gasteiger partial charge in [0.1, 0.15) is 5.82 Å². The van der Waals surface area contributed by atoms with Crippen molar-refractivity contribution in [3.8, 4) is 6.19 Å². The third kappa shape index (κ3) is 7.80. The largest absolute Gasteiger partial charge is 0.481 e. The molecule has 1 unspecified atom stereocenters. The predicted molar refractivity (Wildman–Crippen MR) is 154 cm³/mol. The lowest BCUT2D eigenvalue weighted by atomic mass is 9.99. The zero-order valence-electron chi connectivity index (χ0n) is 22.7. The molecule has 1 saturated heterocycles. The number of carbonyl (C=O) groups is 2. The normalized spacial score (nSPS) is 16.4. The first-order chi connectivity index (χ1) is 19.9. The number of benzene rings is 3. The van der Waals surface area contributed by atoms with Crippen molar-refractivity contribution in [1.29, 1.82) is 5.26 Å². The van der Waals surface area contributed by atoms with Gasteiger partial charge in [-0.2, -0.15) is 5.26 Å². The number of urea groups is 1. The summed E-state index contributed by atoms with van der Waals surface area (Å²) in [5.41, 5.74) is 4.60. The molecule has 0 aliphatic carbocycles. The third-order valence-electron chi connectivity index (χ3n) is 6.71. The Morgan fingerprint density at radius 1 is 1.10 bits per heavy atom. The lowest BCUT2D eigenvalue weighted by Gasteiger charge is -2.42. The number of carbonyl (C=O) groups excluding carboxylic acids is 1. The number of aliphatic carboxylic acids is 1. The highest BCUT2D eigenvalue weighted by Crippen LogP contribution is 2.29. The molecule has 2 heterocycles. The lowest BCUT2D eigenvalue weighted by molar-refractivity contribution is -0.134. The van der Waals surface area contributed by atoms with Crippen LogP contribution in [0.2, 0.25) is 0 Å². The number of amides is 2. The number of hydrogen-bond acceptors (Lipinski definition) is 5. The number of rotatable bonds is 3. The van der Waals surface area contributed by atoms with Gasteiger partial charge in [0.05, 0.1) is 11.7 Å². The van der Waals surface area contributed by atoms with Crippen molar-refractivity contribution in [2.45, 2.75) is 25.9 Å². The molecular weight excluding hydrogens is 525 g/mol. The second-order valence-corrected chi connectivity index (χ2v) is 9.54. The number of guanidine groups is 1. The second kappa shape index (κ2) is 13.9. The third-order valence-corrected chi connectivity index (χ3v) is 6.71. The highest BCUT2D eigenvalue weighted by Gasteiger charge is 2.33. The number of carboxylic acid groups (broad SMARTS) is 1. The summed E-state index contributed by atoms with van der Waals surface area (Å²) in [4.78, 5) is 30.9. The van der Waals surface area contributed by atoms with Crippen LogP contribution in [-0.4, -0.2) is 59.0 Å². The van der Waals surface area contributed by atoms with Crippen molar-refractivity contribution in [3.05, 3.63) is 95.3 Å². The minimum atomic E-state index is -0.833. The van der Waals surface area contributed by atoms with Crippen molar-refractivity contribution in [2.75, 3.05) is 31.5 Å². The smallest absolute Gasteiger partial charge is 0.322 e. The predicted octanol–water partition coefficient (Wildman–Crippen LogP) is 4.21. The number of hydrogen-bond donors (Lipinski definition) is 4. The van der Waals surface area contributed by atoms with Crippen LogP contribution in [0.25, 0.3) is 0 Å². The van der Waals surface area contributed by atoms with E-state index in [1.807, 2.05) is 53.6 Å². The molecule has 2 aliphatic rings. The average molecular weight is 558 g/mol. The van der Waals surface area contributed by atoms with E-state index in [1.165, 1.54) is 23.3 Å². The maximum Gasteiger partial charge on any atom is 0.322 e. The zero-order chi connectivity index (χ0) is 29.2. The second-order valence-electron chi connectivity index (χ2n) is 9.54. The van der Waals surface area contributed by atoms with Crippen LogP contribution >= 0.6 is 0 Å². The van der Waals surface area contributed by atoms with Crippen molar-refractivity contribution in [2.24, 2.45) is 4.99 Å². The van der Waals surface area contributed by atoms with Gasteiger partial charge in [0.2, 0.25) is 5.96 Å². The Labute approximate surface area is 238 Å². The standard InChI is InChI=1S/C28H28FN7O.C2H4O2/c29-22-9-5-10-23(16-22)33-28(37)36-15-14-35(18-26(36)20-6-2-1-3-7-20)27(32-19-30)34-25-11-4-8-21-17-31-13-12-24(21)25;1-2(3)4/h1-11,16,26,31H,12-15,17-18H2,(H,32,34)(H,33,37);1H3,(H,3,4). The van der Waals surface area contributed by atoms with Crippen LogP contribution in [0, 0.1) is 17.3 Å². The van der Waals surface area contributed by atoms with Gasteiger partial charge in [0.15, 0.2) is 6.19 Å². The van der Waals surface area contributed by atoms with Crippen LogP contribution in [-0.2, 0) is 17.8 Å². The van der Waals surface area contributed by atoms with E-state index in [1.54, 1.807) is 17.0 Å². The van der Waals surface area contributed by atoms with E-state index in [0.29, 0.717) is 31.3 Å². The van der Waals surface area contributed by atoms with Gasteiger partial charge < -0.3 is 25.5 Å². The Morgan fingerprint density at radius 3 is 2.59 bits per heavy atom. The van der Waals surface area contributed by atoms with E-state index in [4.69, 9.17) is 14.9 Å². The van der Waals surface area contributed by atoms with Gasteiger partial charge in [-0.3, -0.25) is 10.1 Å². The van der Waals surface area contributed by atoms with Crippen molar-refractivity contribution >= 4 is 29.3 Å². The summed E-state index contributed by atoms with van der Waals surface area (Å²) in [5, 5.41) is 25.9. The molecule has 4 N–H and O–H groups in total. The van der Waals surface area contributed by atoms with E-state index in [0.717, 1.165) is 37.7 Å². The van der Waals surface area contributed by atoms with Crippen LogP contribution in [0.5, 0.6) is 0 Å². The molecule has 3 aromatic rings. The quantitative estimate of drug-likeness (QED) is 0.164. The van der Waals surface area contributed by atoms with E-state index >= 15 is 0 Å². The number of nitrogens with one attached hydrogen (secondary N) is 3. The number of halogens is 1. The highest BCUT2D eigenvalue weighted by atomic mass is 19.1. The van der Waals surface area contributed by atoms with Gasteiger partial charge in [0.25, 0.3) is 5.97 Å². The molecule has 0 saturated carbocycles. The Morgan fingerprint density at radius 2 is 1.85 bits per heavy atom. The lowest BCUT2D eigenvalue weighted by Crippen LogP contribution is -2.55. The monoisotopic (exact) mass is 557 g/mol. The molecule has 0 aromatic heterocycles. The Kier molecular flexibility index (Phi) is 9.85. The van der Waals surface area contributed by atoms with E-state index in [-0.39, 0.29) is 12.1 Å². The molecule has 41 heavy (non-hydrogen) atoms. The fraction of sp³-hybridized carbons (Fsp3) is 0.267. The first-order valence-corrected chi connectivity index (χ1v) is 13.2. The minimum absolute atomic E-state index is 0.303. The van der Waals surface area contributed by atoms with Crippen molar-refractivity contribution < 1.29 is 19.1 Å². The molecule has 3 aromatic carbocycles. The average Bonchev–Trinajstić information content (AvgIpc) is 2.97. The molecule has 2 amide bonds. The number of carboxylic acids is 1.